The fourth-order valence-corrected chi connectivity index (χ4v) is 3.52. The van der Waals surface area contributed by atoms with E-state index in [2.05, 4.69) is 15.8 Å². The molecule has 0 radical (unpaired) electrons. The van der Waals surface area contributed by atoms with Crippen molar-refractivity contribution in [2.75, 3.05) is 5.32 Å². The van der Waals surface area contributed by atoms with Crippen LogP contribution in [0.1, 0.15) is 22.6 Å². The molecule has 2 aromatic rings. The third-order valence-corrected chi connectivity index (χ3v) is 4.60. The van der Waals surface area contributed by atoms with Crippen LogP contribution in [-0.4, -0.2) is 27.9 Å². The van der Waals surface area contributed by atoms with Crippen LogP contribution in [0.5, 0.6) is 0 Å². The standard InChI is InChI=1S/C16H13ClN4O4/c1-7-3-9(17)5-11-12(7)18-13(22)16(11)14(23)21(15(24)19-16)6-10-4-8(2)25-20-10/h3-5H,6H2,1-2H3,(H,18,22)(H,19,24). The molecule has 1 fully saturated rings. The number of imide groups is 1. The largest absolute Gasteiger partial charge is 0.361 e. The summed E-state index contributed by atoms with van der Waals surface area (Å²) in [5, 5.41) is 9.36. The number of nitrogens with one attached hydrogen (secondary N) is 2. The summed E-state index contributed by atoms with van der Waals surface area (Å²) in [5.41, 5.74) is 0.155. The van der Waals surface area contributed by atoms with Gasteiger partial charge in [0.05, 0.1) is 12.2 Å². The first-order valence-corrected chi connectivity index (χ1v) is 7.89. The van der Waals surface area contributed by atoms with Crippen LogP contribution >= 0.6 is 11.6 Å². The number of benzene rings is 1. The van der Waals surface area contributed by atoms with Crippen LogP contribution in [-0.2, 0) is 21.7 Å². The van der Waals surface area contributed by atoms with Gasteiger partial charge in [-0.25, -0.2) is 4.79 Å². The van der Waals surface area contributed by atoms with E-state index in [0.717, 1.165) is 4.90 Å². The molecule has 0 aliphatic carbocycles. The molecule has 1 aromatic carbocycles. The highest BCUT2D eigenvalue weighted by Gasteiger charge is 2.62. The van der Waals surface area contributed by atoms with Crippen molar-refractivity contribution < 1.29 is 18.9 Å². The second kappa shape index (κ2) is 5.06. The molecule has 0 saturated carbocycles. The lowest BCUT2D eigenvalue weighted by atomic mass is 9.90. The van der Waals surface area contributed by atoms with Crippen LogP contribution in [0.25, 0.3) is 0 Å². The Kier molecular flexibility index (Phi) is 3.17. The zero-order valence-corrected chi connectivity index (χ0v) is 14.1. The van der Waals surface area contributed by atoms with Gasteiger partial charge in [0.25, 0.3) is 11.8 Å². The molecule has 25 heavy (non-hydrogen) atoms. The Morgan fingerprint density at radius 3 is 2.68 bits per heavy atom. The number of hydrogen-bond acceptors (Lipinski definition) is 5. The van der Waals surface area contributed by atoms with Crippen molar-refractivity contribution in [1.29, 1.82) is 0 Å². The maximum absolute atomic E-state index is 13.0. The van der Waals surface area contributed by atoms with Gasteiger partial charge in [-0.05, 0) is 31.5 Å². The number of halogens is 1. The molecular weight excluding hydrogens is 348 g/mol. The lowest BCUT2D eigenvalue weighted by Gasteiger charge is -2.19. The van der Waals surface area contributed by atoms with E-state index >= 15 is 0 Å². The predicted molar refractivity (Wildman–Crippen MR) is 86.8 cm³/mol. The second-order valence-corrected chi connectivity index (χ2v) is 6.54. The summed E-state index contributed by atoms with van der Waals surface area (Å²) in [6.07, 6.45) is 0. The average molecular weight is 361 g/mol. The number of aromatic nitrogens is 1. The molecular formula is C16H13ClN4O4. The summed E-state index contributed by atoms with van der Waals surface area (Å²) >= 11 is 6.09. The predicted octanol–water partition coefficient (Wildman–Crippen LogP) is 1.84. The number of carbonyl (C=O) groups is 3. The van der Waals surface area contributed by atoms with E-state index in [0.29, 0.717) is 33.3 Å². The fraction of sp³-hybridized carbons (Fsp3) is 0.250. The van der Waals surface area contributed by atoms with Crippen molar-refractivity contribution >= 4 is 35.1 Å². The fourth-order valence-electron chi connectivity index (χ4n) is 3.24. The van der Waals surface area contributed by atoms with Crippen LogP contribution < -0.4 is 10.6 Å². The number of rotatable bonds is 2. The summed E-state index contributed by atoms with van der Waals surface area (Å²) in [6.45, 7) is 3.38. The van der Waals surface area contributed by atoms with Gasteiger partial charge in [0, 0.05) is 16.7 Å². The van der Waals surface area contributed by atoms with Crippen molar-refractivity contribution in [2.45, 2.75) is 25.9 Å². The normalized spacial score (nSPS) is 21.7. The van der Waals surface area contributed by atoms with E-state index in [-0.39, 0.29) is 6.54 Å². The third-order valence-electron chi connectivity index (χ3n) is 4.39. The number of anilines is 1. The Morgan fingerprint density at radius 2 is 2.00 bits per heavy atom. The van der Waals surface area contributed by atoms with E-state index in [1.165, 1.54) is 6.07 Å². The van der Waals surface area contributed by atoms with Gasteiger partial charge < -0.3 is 15.2 Å². The number of carbonyl (C=O) groups excluding carboxylic acids is 3. The minimum Gasteiger partial charge on any atom is -0.361 e. The van der Waals surface area contributed by atoms with Gasteiger partial charge in [0.15, 0.2) is 0 Å². The molecule has 128 valence electrons. The molecule has 2 aliphatic heterocycles. The molecule has 1 atom stereocenters. The molecule has 1 unspecified atom stereocenters. The van der Waals surface area contributed by atoms with Gasteiger partial charge in [0.2, 0.25) is 5.54 Å². The van der Waals surface area contributed by atoms with Crippen molar-refractivity contribution in [3.05, 3.63) is 45.8 Å². The van der Waals surface area contributed by atoms with E-state index in [1.807, 2.05) is 0 Å². The van der Waals surface area contributed by atoms with E-state index in [9.17, 15) is 14.4 Å². The molecule has 8 nitrogen and oxygen atoms in total. The van der Waals surface area contributed by atoms with Crippen LogP contribution in [0.15, 0.2) is 22.7 Å². The van der Waals surface area contributed by atoms with Crippen LogP contribution in [0.4, 0.5) is 10.5 Å². The molecule has 4 rings (SSSR count). The van der Waals surface area contributed by atoms with Crippen molar-refractivity contribution in [1.82, 2.24) is 15.4 Å². The van der Waals surface area contributed by atoms with Gasteiger partial charge in [-0.2, -0.15) is 0 Å². The lowest BCUT2D eigenvalue weighted by Crippen LogP contribution is -2.49. The molecule has 0 bridgehead atoms. The van der Waals surface area contributed by atoms with Gasteiger partial charge in [0.1, 0.15) is 11.5 Å². The van der Waals surface area contributed by atoms with Gasteiger partial charge in [-0.3, -0.25) is 14.5 Å². The van der Waals surface area contributed by atoms with Crippen molar-refractivity contribution in [3.8, 4) is 0 Å². The molecule has 3 heterocycles. The zero-order valence-electron chi connectivity index (χ0n) is 13.3. The third kappa shape index (κ3) is 2.07. The highest BCUT2D eigenvalue weighted by atomic mass is 35.5. The molecule has 2 N–H and O–H groups in total. The summed E-state index contributed by atoms with van der Waals surface area (Å²) in [7, 11) is 0. The molecule has 1 aromatic heterocycles. The van der Waals surface area contributed by atoms with Gasteiger partial charge in [-0.15, -0.1) is 0 Å². The first-order valence-electron chi connectivity index (χ1n) is 7.51. The summed E-state index contributed by atoms with van der Waals surface area (Å²) in [4.78, 5) is 39.0. The molecule has 1 saturated heterocycles. The average Bonchev–Trinajstić information content (AvgIpc) is 3.14. The Morgan fingerprint density at radius 1 is 1.24 bits per heavy atom. The molecule has 9 heteroatoms. The maximum Gasteiger partial charge on any atom is 0.326 e. The Labute approximate surface area is 147 Å². The minimum absolute atomic E-state index is 0.0914. The number of nitrogens with zero attached hydrogens (tertiary/aromatic N) is 2. The Bertz CT molecular complexity index is 954. The summed E-state index contributed by atoms with van der Waals surface area (Å²) in [6, 6.07) is 4.14. The topological polar surface area (TPSA) is 105 Å². The van der Waals surface area contributed by atoms with Gasteiger partial charge in [-0.1, -0.05) is 16.8 Å². The highest BCUT2D eigenvalue weighted by Crippen LogP contribution is 2.43. The Hall–Kier alpha value is -2.87. The second-order valence-electron chi connectivity index (χ2n) is 6.10. The summed E-state index contributed by atoms with van der Waals surface area (Å²) < 4.78 is 4.95. The monoisotopic (exact) mass is 360 g/mol. The van der Waals surface area contributed by atoms with Crippen LogP contribution in [0.3, 0.4) is 0 Å². The molecule has 2 aliphatic rings. The smallest absolute Gasteiger partial charge is 0.326 e. The number of urea groups is 1. The first-order chi connectivity index (χ1) is 11.8. The lowest BCUT2D eigenvalue weighted by molar-refractivity contribution is -0.137. The number of aryl methyl sites for hydroxylation is 2. The van der Waals surface area contributed by atoms with E-state index in [1.54, 1.807) is 26.0 Å². The number of fused-ring (bicyclic) bond motifs is 2. The first kappa shape index (κ1) is 15.6. The van der Waals surface area contributed by atoms with Crippen LogP contribution in [0, 0.1) is 13.8 Å². The minimum atomic E-state index is -1.80. The number of amides is 4. The van der Waals surface area contributed by atoms with Crippen molar-refractivity contribution in [3.63, 3.8) is 0 Å². The number of hydrogen-bond donors (Lipinski definition) is 2. The highest BCUT2D eigenvalue weighted by molar-refractivity contribution is 6.32. The quantitative estimate of drug-likeness (QED) is 0.628. The van der Waals surface area contributed by atoms with E-state index < -0.39 is 23.4 Å². The summed E-state index contributed by atoms with van der Waals surface area (Å²) in [5.74, 6) is -0.718. The van der Waals surface area contributed by atoms with E-state index in [4.69, 9.17) is 16.1 Å². The Balaban J connectivity index is 1.78. The van der Waals surface area contributed by atoms with Crippen molar-refractivity contribution in [2.24, 2.45) is 0 Å². The molecule has 4 amide bonds. The van der Waals surface area contributed by atoms with Crippen LogP contribution in [0.2, 0.25) is 5.02 Å². The SMILES string of the molecule is Cc1cc(CN2C(=O)NC3(C(=O)Nc4c(C)cc(Cl)cc43)C2=O)no1. The maximum atomic E-state index is 13.0. The zero-order chi connectivity index (χ0) is 17.9. The molecule has 1 spiro atoms. The van der Waals surface area contributed by atoms with Gasteiger partial charge >= 0.3 is 6.03 Å².